The summed E-state index contributed by atoms with van der Waals surface area (Å²) in [4.78, 5) is 26.5. The Morgan fingerprint density at radius 1 is 1.31 bits per heavy atom. The van der Waals surface area contributed by atoms with Crippen molar-refractivity contribution in [2.75, 3.05) is 7.11 Å². The quantitative estimate of drug-likeness (QED) is 0.440. The van der Waals surface area contributed by atoms with Gasteiger partial charge in [0.05, 0.1) is 12.8 Å². The fraction of sp³-hybridized carbons (Fsp3) is 0.250. The zero-order chi connectivity index (χ0) is 12.0. The van der Waals surface area contributed by atoms with Gasteiger partial charge >= 0.3 is 5.97 Å². The van der Waals surface area contributed by atoms with Crippen LogP contribution in [0.2, 0.25) is 0 Å². The molecule has 1 unspecified atom stereocenters. The number of methoxy groups -OCH3 is 1. The molecule has 1 aromatic rings. The number of para-hydroxylation sites is 1. The number of ether oxygens (including phenoxy) is 1. The topological polar surface area (TPSA) is 55.7 Å². The maximum absolute atomic E-state index is 11.2. The molecule has 0 heterocycles. The van der Waals surface area contributed by atoms with Gasteiger partial charge in [0.25, 0.3) is 0 Å². The molecular formula is C12H13NO3. The van der Waals surface area contributed by atoms with E-state index in [4.69, 9.17) is 0 Å². The first kappa shape index (κ1) is 12.1. The summed E-state index contributed by atoms with van der Waals surface area (Å²) >= 11 is 0. The van der Waals surface area contributed by atoms with Crippen molar-refractivity contribution in [1.82, 2.24) is 0 Å². The van der Waals surface area contributed by atoms with Crippen LogP contribution in [0.4, 0.5) is 5.69 Å². The molecule has 0 amide bonds. The number of hydrogen-bond acceptors (Lipinski definition) is 4. The van der Waals surface area contributed by atoms with Gasteiger partial charge in [-0.15, -0.1) is 0 Å². The second kappa shape index (κ2) is 5.80. The third-order valence-electron chi connectivity index (χ3n) is 2.02. The lowest BCUT2D eigenvalue weighted by atomic mass is 10.1. The maximum atomic E-state index is 11.2. The van der Waals surface area contributed by atoms with E-state index in [1.807, 2.05) is 18.2 Å². The Balaban J connectivity index is 2.80. The molecule has 84 valence electrons. The molecule has 0 N–H and O–H groups in total. The van der Waals surface area contributed by atoms with Gasteiger partial charge in [-0.2, -0.15) is 0 Å². The van der Waals surface area contributed by atoms with Crippen LogP contribution in [0.5, 0.6) is 0 Å². The largest absolute Gasteiger partial charge is 0.468 e. The van der Waals surface area contributed by atoms with Gasteiger partial charge in [-0.3, -0.25) is 14.6 Å². The van der Waals surface area contributed by atoms with Gasteiger partial charge in [-0.1, -0.05) is 18.2 Å². The second-order valence-electron chi connectivity index (χ2n) is 3.23. The summed E-state index contributed by atoms with van der Waals surface area (Å²) in [6, 6.07) is 9.08. The van der Waals surface area contributed by atoms with Crippen molar-refractivity contribution < 1.29 is 14.3 Å². The van der Waals surface area contributed by atoms with E-state index in [0.717, 1.165) is 0 Å². The number of carbonyl (C=O) groups excluding carboxylic acids is 2. The average Bonchev–Trinajstić information content (AvgIpc) is 2.30. The lowest BCUT2D eigenvalue weighted by Crippen LogP contribution is -2.24. The zero-order valence-corrected chi connectivity index (χ0v) is 9.21. The van der Waals surface area contributed by atoms with Crippen LogP contribution in [0.25, 0.3) is 0 Å². The summed E-state index contributed by atoms with van der Waals surface area (Å²) in [7, 11) is 1.24. The summed E-state index contributed by atoms with van der Waals surface area (Å²) < 4.78 is 4.51. The molecule has 0 aromatic heterocycles. The molecule has 16 heavy (non-hydrogen) atoms. The summed E-state index contributed by atoms with van der Waals surface area (Å²) in [6.45, 7) is 1.33. The third-order valence-corrected chi connectivity index (χ3v) is 2.02. The van der Waals surface area contributed by atoms with Crippen LogP contribution < -0.4 is 0 Å². The van der Waals surface area contributed by atoms with E-state index >= 15 is 0 Å². The number of esters is 1. The van der Waals surface area contributed by atoms with Crippen LogP contribution in [0, 0.1) is 5.92 Å². The predicted octanol–water partition coefficient (Wildman–Crippen LogP) is 1.77. The molecule has 0 radical (unpaired) electrons. The van der Waals surface area contributed by atoms with E-state index in [2.05, 4.69) is 9.73 Å². The standard InChI is InChI=1S/C12H13NO3/c1-9(14)11(12(15)16-2)8-13-10-6-4-3-5-7-10/h3-8,11H,1-2H3. The Bertz CT molecular complexity index is 398. The van der Waals surface area contributed by atoms with Crippen LogP contribution in [-0.4, -0.2) is 25.1 Å². The number of hydrogen-bond donors (Lipinski definition) is 0. The molecule has 0 spiro atoms. The molecule has 0 aliphatic rings. The zero-order valence-electron chi connectivity index (χ0n) is 9.21. The molecule has 1 atom stereocenters. The molecule has 1 rings (SSSR count). The summed E-state index contributed by atoms with van der Waals surface area (Å²) in [5.74, 6) is -1.80. The molecule has 0 fully saturated rings. The minimum Gasteiger partial charge on any atom is -0.468 e. The van der Waals surface area contributed by atoms with Gasteiger partial charge in [0, 0.05) is 6.21 Å². The number of carbonyl (C=O) groups is 2. The van der Waals surface area contributed by atoms with Crippen molar-refractivity contribution >= 4 is 23.7 Å². The number of aliphatic imine (C=N–C) groups is 1. The van der Waals surface area contributed by atoms with Crippen LogP contribution >= 0.6 is 0 Å². The molecule has 0 aliphatic carbocycles. The normalized spacial score (nSPS) is 12.4. The second-order valence-corrected chi connectivity index (χ2v) is 3.23. The number of ketones is 1. The lowest BCUT2D eigenvalue weighted by molar-refractivity contribution is -0.145. The van der Waals surface area contributed by atoms with Gasteiger partial charge < -0.3 is 4.74 Å². The molecule has 0 bridgehead atoms. The highest BCUT2D eigenvalue weighted by atomic mass is 16.5. The molecule has 4 heteroatoms. The van der Waals surface area contributed by atoms with Crippen molar-refractivity contribution in [3.8, 4) is 0 Å². The van der Waals surface area contributed by atoms with E-state index in [1.165, 1.54) is 20.2 Å². The fourth-order valence-electron chi connectivity index (χ4n) is 1.13. The Labute approximate surface area is 94.0 Å². The fourth-order valence-corrected chi connectivity index (χ4v) is 1.13. The van der Waals surface area contributed by atoms with E-state index in [-0.39, 0.29) is 5.78 Å². The first-order valence-corrected chi connectivity index (χ1v) is 4.82. The van der Waals surface area contributed by atoms with E-state index in [0.29, 0.717) is 5.69 Å². The molecule has 0 aliphatic heterocycles. The van der Waals surface area contributed by atoms with Gasteiger partial charge in [0.15, 0.2) is 5.92 Å². The minimum absolute atomic E-state index is 0.286. The number of nitrogens with zero attached hydrogens (tertiary/aromatic N) is 1. The summed E-state index contributed by atoms with van der Waals surface area (Å²) in [6.07, 6.45) is 1.31. The lowest BCUT2D eigenvalue weighted by Gasteiger charge is -2.04. The Hall–Kier alpha value is -1.97. The van der Waals surface area contributed by atoms with Crippen molar-refractivity contribution in [3.05, 3.63) is 30.3 Å². The van der Waals surface area contributed by atoms with E-state index in [9.17, 15) is 9.59 Å². The highest BCUT2D eigenvalue weighted by Gasteiger charge is 2.21. The molecule has 0 saturated heterocycles. The van der Waals surface area contributed by atoms with Gasteiger partial charge in [0.1, 0.15) is 5.78 Å². The molecule has 1 aromatic carbocycles. The first-order valence-electron chi connectivity index (χ1n) is 4.82. The summed E-state index contributed by atoms with van der Waals surface area (Å²) in [5, 5.41) is 0. The number of benzene rings is 1. The Morgan fingerprint density at radius 3 is 2.44 bits per heavy atom. The van der Waals surface area contributed by atoms with Crippen molar-refractivity contribution in [1.29, 1.82) is 0 Å². The molecule has 0 saturated carbocycles. The van der Waals surface area contributed by atoms with Crippen molar-refractivity contribution in [2.24, 2.45) is 10.9 Å². The highest BCUT2D eigenvalue weighted by Crippen LogP contribution is 2.10. The van der Waals surface area contributed by atoms with Crippen LogP contribution in [0.1, 0.15) is 6.92 Å². The van der Waals surface area contributed by atoms with Gasteiger partial charge in [0.2, 0.25) is 0 Å². The van der Waals surface area contributed by atoms with E-state index in [1.54, 1.807) is 12.1 Å². The molecule has 4 nitrogen and oxygen atoms in total. The SMILES string of the molecule is COC(=O)C(C=Nc1ccccc1)C(C)=O. The van der Waals surface area contributed by atoms with Crippen molar-refractivity contribution in [2.45, 2.75) is 6.92 Å². The van der Waals surface area contributed by atoms with E-state index < -0.39 is 11.9 Å². The van der Waals surface area contributed by atoms with Crippen LogP contribution in [0.15, 0.2) is 35.3 Å². The van der Waals surface area contributed by atoms with Crippen LogP contribution in [0.3, 0.4) is 0 Å². The highest BCUT2D eigenvalue weighted by molar-refractivity contribution is 6.11. The first-order chi connectivity index (χ1) is 7.65. The third kappa shape index (κ3) is 3.31. The minimum atomic E-state index is -0.926. The van der Waals surface area contributed by atoms with Gasteiger partial charge in [-0.25, -0.2) is 0 Å². The average molecular weight is 219 g/mol. The maximum Gasteiger partial charge on any atom is 0.321 e. The number of Topliss-reactive ketones (excluding diaryl/α,β-unsaturated/α-hetero) is 1. The Morgan fingerprint density at radius 2 is 1.94 bits per heavy atom. The summed E-state index contributed by atoms with van der Waals surface area (Å²) in [5.41, 5.74) is 0.692. The Kier molecular flexibility index (Phi) is 4.39. The van der Waals surface area contributed by atoms with Crippen LogP contribution in [-0.2, 0) is 14.3 Å². The van der Waals surface area contributed by atoms with Crippen molar-refractivity contribution in [3.63, 3.8) is 0 Å². The van der Waals surface area contributed by atoms with Gasteiger partial charge in [-0.05, 0) is 19.1 Å². The number of rotatable bonds is 4. The monoisotopic (exact) mass is 219 g/mol. The molecular weight excluding hydrogens is 206 g/mol. The predicted molar refractivity (Wildman–Crippen MR) is 60.8 cm³/mol. The smallest absolute Gasteiger partial charge is 0.321 e.